The number of thioether (sulfide) groups is 1. The number of carbonyl (C=O) groups excluding carboxylic acids is 1. The Kier molecular flexibility index (Phi) is 7.19. The summed E-state index contributed by atoms with van der Waals surface area (Å²) in [6.45, 7) is 6.47. The van der Waals surface area contributed by atoms with Gasteiger partial charge >= 0.3 is 0 Å². The molecule has 0 aromatic heterocycles. The van der Waals surface area contributed by atoms with Gasteiger partial charge in [0.15, 0.2) is 6.10 Å². The van der Waals surface area contributed by atoms with Crippen molar-refractivity contribution in [3.8, 4) is 5.75 Å². The van der Waals surface area contributed by atoms with Gasteiger partial charge in [0.2, 0.25) is 0 Å². The van der Waals surface area contributed by atoms with E-state index in [1.165, 1.54) is 11.1 Å². The fraction of sp³-hybridized carbons (Fsp3) is 0.350. The standard InChI is InChI=1S/C20H25NO2S/c1-15-9-10-19(16(2)13-15)23-17(3)20(22)21-11-12-24-14-18-7-5-4-6-8-18/h4-10,13,17H,11-12,14H2,1-3H3,(H,21,22)/t17-/m1/s1. The second-order valence-electron chi connectivity index (χ2n) is 5.86. The van der Waals surface area contributed by atoms with E-state index in [1.54, 1.807) is 6.92 Å². The van der Waals surface area contributed by atoms with Crippen LogP contribution in [0.1, 0.15) is 23.6 Å². The van der Waals surface area contributed by atoms with Gasteiger partial charge in [0, 0.05) is 18.1 Å². The molecule has 0 saturated heterocycles. The molecule has 0 fully saturated rings. The predicted molar refractivity (Wildman–Crippen MR) is 102 cm³/mol. The van der Waals surface area contributed by atoms with Crippen LogP contribution >= 0.6 is 11.8 Å². The molecule has 2 aromatic rings. The van der Waals surface area contributed by atoms with Crippen LogP contribution in [0.3, 0.4) is 0 Å². The molecule has 0 unspecified atom stereocenters. The predicted octanol–water partition coefficient (Wildman–Crippen LogP) is 4.12. The average Bonchev–Trinajstić information content (AvgIpc) is 2.57. The van der Waals surface area contributed by atoms with Gasteiger partial charge in [0.1, 0.15) is 5.75 Å². The average molecular weight is 343 g/mol. The van der Waals surface area contributed by atoms with Crippen LogP contribution in [-0.2, 0) is 10.5 Å². The van der Waals surface area contributed by atoms with Gasteiger partial charge in [-0.25, -0.2) is 0 Å². The first-order valence-electron chi connectivity index (χ1n) is 8.19. The number of benzene rings is 2. The van der Waals surface area contributed by atoms with Crippen molar-refractivity contribution in [2.45, 2.75) is 32.6 Å². The van der Waals surface area contributed by atoms with E-state index in [0.717, 1.165) is 22.8 Å². The van der Waals surface area contributed by atoms with E-state index in [4.69, 9.17) is 4.74 Å². The highest BCUT2D eigenvalue weighted by atomic mass is 32.2. The van der Waals surface area contributed by atoms with Crippen molar-refractivity contribution in [2.75, 3.05) is 12.3 Å². The first-order valence-corrected chi connectivity index (χ1v) is 9.35. The molecule has 1 amide bonds. The van der Waals surface area contributed by atoms with E-state index in [9.17, 15) is 4.79 Å². The summed E-state index contributed by atoms with van der Waals surface area (Å²) in [5.74, 6) is 2.54. The number of nitrogens with one attached hydrogen (secondary N) is 1. The van der Waals surface area contributed by atoms with Gasteiger partial charge in [-0.3, -0.25) is 4.79 Å². The lowest BCUT2D eigenvalue weighted by molar-refractivity contribution is -0.127. The maximum Gasteiger partial charge on any atom is 0.260 e. The quantitative estimate of drug-likeness (QED) is 0.733. The number of ether oxygens (including phenoxy) is 1. The number of amides is 1. The van der Waals surface area contributed by atoms with Crippen LogP contribution in [0.15, 0.2) is 48.5 Å². The second kappa shape index (κ2) is 9.38. The van der Waals surface area contributed by atoms with Crippen molar-refractivity contribution < 1.29 is 9.53 Å². The molecule has 2 rings (SSSR count). The Hall–Kier alpha value is -1.94. The number of hydrogen-bond donors (Lipinski definition) is 1. The molecule has 0 spiro atoms. The highest BCUT2D eigenvalue weighted by Crippen LogP contribution is 2.20. The number of hydrogen-bond acceptors (Lipinski definition) is 3. The molecule has 0 aliphatic carbocycles. The SMILES string of the molecule is Cc1ccc(O[C@H](C)C(=O)NCCSCc2ccccc2)c(C)c1. The Morgan fingerprint density at radius 1 is 1.17 bits per heavy atom. The molecule has 24 heavy (non-hydrogen) atoms. The summed E-state index contributed by atoms with van der Waals surface area (Å²) in [5, 5.41) is 2.94. The van der Waals surface area contributed by atoms with E-state index in [0.29, 0.717) is 6.54 Å². The van der Waals surface area contributed by atoms with Crippen molar-refractivity contribution in [2.24, 2.45) is 0 Å². The van der Waals surface area contributed by atoms with Gasteiger partial charge in [-0.2, -0.15) is 11.8 Å². The molecule has 3 nitrogen and oxygen atoms in total. The van der Waals surface area contributed by atoms with Crippen molar-refractivity contribution in [3.63, 3.8) is 0 Å². The second-order valence-corrected chi connectivity index (χ2v) is 6.96. The monoisotopic (exact) mass is 343 g/mol. The number of carbonyl (C=O) groups is 1. The molecule has 0 saturated carbocycles. The smallest absolute Gasteiger partial charge is 0.260 e. The number of rotatable bonds is 8. The largest absolute Gasteiger partial charge is 0.481 e. The Balaban J connectivity index is 1.68. The molecule has 4 heteroatoms. The minimum Gasteiger partial charge on any atom is -0.481 e. The van der Waals surface area contributed by atoms with E-state index in [-0.39, 0.29) is 5.91 Å². The van der Waals surface area contributed by atoms with E-state index in [1.807, 2.05) is 55.9 Å². The first kappa shape index (κ1) is 18.4. The van der Waals surface area contributed by atoms with Crippen LogP contribution < -0.4 is 10.1 Å². The molecular formula is C20H25NO2S. The zero-order valence-corrected chi connectivity index (χ0v) is 15.4. The van der Waals surface area contributed by atoms with E-state index in [2.05, 4.69) is 23.5 Å². The van der Waals surface area contributed by atoms with Crippen LogP contribution in [0, 0.1) is 13.8 Å². The summed E-state index contributed by atoms with van der Waals surface area (Å²) in [6.07, 6.45) is -0.495. The summed E-state index contributed by atoms with van der Waals surface area (Å²) in [4.78, 5) is 12.1. The minimum atomic E-state index is -0.495. The molecule has 0 heterocycles. The van der Waals surface area contributed by atoms with Crippen LogP contribution in [0.4, 0.5) is 0 Å². The van der Waals surface area contributed by atoms with Crippen molar-refractivity contribution >= 4 is 17.7 Å². The Bertz CT molecular complexity index is 658. The van der Waals surface area contributed by atoms with Gasteiger partial charge in [-0.15, -0.1) is 0 Å². The Morgan fingerprint density at radius 2 is 1.92 bits per heavy atom. The molecule has 0 bridgehead atoms. The molecule has 1 N–H and O–H groups in total. The zero-order chi connectivity index (χ0) is 17.4. The molecule has 0 aliphatic rings. The lowest BCUT2D eigenvalue weighted by atomic mass is 10.1. The molecular weight excluding hydrogens is 318 g/mol. The topological polar surface area (TPSA) is 38.3 Å². The summed E-state index contributed by atoms with van der Waals surface area (Å²) in [6, 6.07) is 16.3. The summed E-state index contributed by atoms with van der Waals surface area (Å²) in [7, 11) is 0. The molecule has 0 aliphatic heterocycles. The third kappa shape index (κ3) is 5.93. The van der Waals surface area contributed by atoms with E-state index >= 15 is 0 Å². The molecule has 0 radical (unpaired) electrons. The lowest BCUT2D eigenvalue weighted by Crippen LogP contribution is -2.37. The summed E-state index contributed by atoms with van der Waals surface area (Å²) >= 11 is 1.81. The molecule has 2 aromatic carbocycles. The normalized spacial score (nSPS) is 11.8. The fourth-order valence-electron chi connectivity index (χ4n) is 2.33. The van der Waals surface area contributed by atoms with Gasteiger partial charge < -0.3 is 10.1 Å². The van der Waals surface area contributed by atoms with Crippen molar-refractivity contribution in [1.82, 2.24) is 5.32 Å². The van der Waals surface area contributed by atoms with Crippen molar-refractivity contribution in [3.05, 3.63) is 65.2 Å². The Morgan fingerprint density at radius 3 is 2.62 bits per heavy atom. The van der Waals surface area contributed by atoms with Crippen LogP contribution in [0.25, 0.3) is 0 Å². The zero-order valence-electron chi connectivity index (χ0n) is 14.5. The summed E-state index contributed by atoms with van der Waals surface area (Å²) < 4.78 is 5.77. The third-order valence-electron chi connectivity index (χ3n) is 3.66. The highest BCUT2D eigenvalue weighted by molar-refractivity contribution is 7.98. The first-order chi connectivity index (χ1) is 11.6. The maximum absolute atomic E-state index is 12.1. The van der Waals surface area contributed by atoms with Gasteiger partial charge in [0.05, 0.1) is 0 Å². The highest BCUT2D eigenvalue weighted by Gasteiger charge is 2.15. The lowest BCUT2D eigenvalue weighted by Gasteiger charge is -2.16. The van der Waals surface area contributed by atoms with Crippen LogP contribution in [-0.4, -0.2) is 24.3 Å². The minimum absolute atomic E-state index is 0.0738. The molecule has 1 atom stereocenters. The van der Waals surface area contributed by atoms with Gasteiger partial charge in [-0.1, -0.05) is 48.0 Å². The summed E-state index contributed by atoms with van der Waals surface area (Å²) in [5.41, 5.74) is 3.54. The van der Waals surface area contributed by atoms with Crippen LogP contribution in [0.2, 0.25) is 0 Å². The maximum atomic E-state index is 12.1. The fourth-order valence-corrected chi connectivity index (χ4v) is 3.15. The molecule has 128 valence electrons. The number of aryl methyl sites for hydroxylation is 2. The van der Waals surface area contributed by atoms with Gasteiger partial charge in [0.25, 0.3) is 5.91 Å². The van der Waals surface area contributed by atoms with Crippen LogP contribution in [0.5, 0.6) is 5.75 Å². The van der Waals surface area contributed by atoms with Gasteiger partial charge in [-0.05, 0) is 38.0 Å². The Labute approximate surface area is 148 Å². The van der Waals surface area contributed by atoms with E-state index < -0.39 is 6.10 Å². The third-order valence-corrected chi connectivity index (χ3v) is 4.69. The van der Waals surface area contributed by atoms with Crippen molar-refractivity contribution in [1.29, 1.82) is 0 Å².